The summed E-state index contributed by atoms with van der Waals surface area (Å²) in [6.07, 6.45) is 2.76. The first-order chi connectivity index (χ1) is 9.08. The van der Waals surface area contributed by atoms with Gasteiger partial charge in [0.05, 0.1) is 26.7 Å². The average molecular weight is 278 g/mol. The van der Waals surface area contributed by atoms with E-state index in [1.54, 1.807) is 19.1 Å². The Morgan fingerprint density at radius 3 is 2.47 bits per heavy atom. The molecule has 0 aliphatic heterocycles. The van der Waals surface area contributed by atoms with E-state index in [4.69, 9.17) is 9.47 Å². The third-order valence-electron chi connectivity index (χ3n) is 2.80. The van der Waals surface area contributed by atoms with Crippen LogP contribution < -0.4 is 4.74 Å². The molecule has 0 aliphatic carbocycles. The molecule has 1 rings (SSSR count). The van der Waals surface area contributed by atoms with E-state index in [1.165, 1.54) is 0 Å². The number of hydrogen-bond donors (Lipinski definition) is 0. The highest BCUT2D eigenvalue weighted by atomic mass is 28.3. The first kappa shape index (κ1) is 15.5. The smallest absolute Gasteiger partial charge is 0.338 e. The van der Waals surface area contributed by atoms with Crippen LogP contribution in [0.3, 0.4) is 0 Å². The van der Waals surface area contributed by atoms with Gasteiger partial charge in [-0.2, -0.15) is 0 Å². The summed E-state index contributed by atoms with van der Waals surface area (Å²) in [5.74, 6) is 0.496. The molecule has 3 nitrogen and oxygen atoms in total. The molecule has 1 unspecified atom stereocenters. The second-order valence-corrected chi connectivity index (χ2v) is 7.90. The van der Waals surface area contributed by atoms with Gasteiger partial charge in [0.1, 0.15) is 5.75 Å². The molecule has 0 spiro atoms. The van der Waals surface area contributed by atoms with Crippen LogP contribution >= 0.6 is 0 Å². The largest absolute Gasteiger partial charge is 0.494 e. The number of carbonyl (C=O) groups is 1. The van der Waals surface area contributed by atoms with Crippen LogP contribution in [0.4, 0.5) is 0 Å². The number of carbonyl (C=O) groups excluding carboxylic acids is 1. The molecule has 0 saturated heterocycles. The van der Waals surface area contributed by atoms with Crippen molar-refractivity contribution in [1.82, 2.24) is 0 Å². The highest BCUT2D eigenvalue weighted by Crippen LogP contribution is 2.17. The monoisotopic (exact) mass is 278 g/mol. The van der Waals surface area contributed by atoms with Gasteiger partial charge in [-0.25, -0.2) is 4.79 Å². The van der Waals surface area contributed by atoms with Crippen molar-refractivity contribution in [3.05, 3.63) is 42.5 Å². The molecule has 0 radical (unpaired) electrons. The third kappa shape index (κ3) is 4.91. The molecule has 0 N–H and O–H groups in total. The van der Waals surface area contributed by atoms with Crippen molar-refractivity contribution in [1.29, 1.82) is 0 Å². The van der Waals surface area contributed by atoms with Crippen LogP contribution in [0.25, 0.3) is 0 Å². The number of esters is 1. The minimum atomic E-state index is -0.901. The van der Waals surface area contributed by atoms with Crippen LogP contribution in [0.15, 0.2) is 36.9 Å². The first-order valence-electron chi connectivity index (χ1n) is 6.63. The van der Waals surface area contributed by atoms with Gasteiger partial charge in [-0.15, -0.1) is 6.58 Å². The zero-order valence-corrected chi connectivity index (χ0v) is 13.0. The van der Waals surface area contributed by atoms with Crippen LogP contribution in [0.1, 0.15) is 23.7 Å². The summed E-state index contributed by atoms with van der Waals surface area (Å²) in [5.41, 5.74) is 0.794. The Kier molecular flexibility index (Phi) is 6.36. The second-order valence-electron chi connectivity index (χ2n) is 4.67. The number of rotatable bonds is 7. The fourth-order valence-corrected chi connectivity index (χ4v) is 2.85. The summed E-state index contributed by atoms with van der Waals surface area (Å²) in [6, 6.07) is 7.11. The van der Waals surface area contributed by atoms with Crippen molar-refractivity contribution in [2.45, 2.75) is 32.2 Å². The Morgan fingerprint density at radius 1 is 1.37 bits per heavy atom. The van der Waals surface area contributed by atoms with Crippen LogP contribution in [0.2, 0.25) is 13.1 Å². The van der Waals surface area contributed by atoms with Gasteiger partial charge < -0.3 is 9.47 Å². The predicted octanol–water partition coefficient (Wildman–Crippen LogP) is 3.21. The van der Waals surface area contributed by atoms with E-state index in [-0.39, 0.29) is 11.7 Å². The van der Waals surface area contributed by atoms with Crippen molar-refractivity contribution in [3.63, 3.8) is 0 Å². The lowest BCUT2D eigenvalue weighted by molar-refractivity contribution is 0.0526. The van der Waals surface area contributed by atoms with Gasteiger partial charge in [0.25, 0.3) is 0 Å². The molecule has 0 aliphatic rings. The molecule has 1 aromatic carbocycles. The number of ether oxygens (including phenoxy) is 2. The van der Waals surface area contributed by atoms with Gasteiger partial charge in [-0.3, -0.25) is 0 Å². The maximum Gasteiger partial charge on any atom is 0.338 e. The van der Waals surface area contributed by atoms with Crippen molar-refractivity contribution >= 4 is 14.8 Å². The standard InChI is InChI=1S/C15H22O3Si/c1-5-7-14(19(3)4)18-13-10-8-12(9-11-13)15(16)17-6-2/h5,8-11,14,19H,1,6-7H2,2-4H3. The molecule has 104 valence electrons. The maximum absolute atomic E-state index is 11.5. The minimum absolute atomic E-state index is 0.242. The van der Waals surface area contributed by atoms with E-state index in [2.05, 4.69) is 19.7 Å². The first-order valence-corrected chi connectivity index (χ1v) is 9.60. The lowest BCUT2D eigenvalue weighted by Gasteiger charge is -2.20. The molecular formula is C15H22O3Si. The molecule has 1 atom stereocenters. The Balaban J connectivity index is 2.70. The van der Waals surface area contributed by atoms with Crippen molar-refractivity contribution in [2.24, 2.45) is 0 Å². The van der Waals surface area contributed by atoms with E-state index in [0.717, 1.165) is 12.2 Å². The summed E-state index contributed by atoms with van der Waals surface area (Å²) < 4.78 is 10.9. The summed E-state index contributed by atoms with van der Waals surface area (Å²) in [5, 5.41) is 0. The van der Waals surface area contributed by atoms with Gasteiger partial charge in [0.2, 0.25) is 0 Å². The highest BCUT2D eigenvalue weighted by molar-refractivity contribution is 6.57. The summed E-state index contributed by atoms with van der Waals surface area (Å²) in [4.78, 5) is 11.5. The molecule has 1 aromatic rings. The molecule has 19 heavy (non-hydrogen) atoms. The van der Waals surface area contributed by atoms with Crippen molar-refractivity contribution < 1.29 is 14.3 Å². The van der Waals surface area contributed by atoms with Gasteiger partial charge in [0, 0.05) is 0 Å². The molecule has 0 amide bonds. The Hall–Kier alpha value is -1.55. The van der Waals surface area contributed by atoms with Gasteiger partial charge in [-0.05, 0) is 37.6 Å². The quantitative estimate of drug-likeness (QED) is 0.436. The van der Waals surface area contributed by atoms with Crippen LogP contribution in [0.5, 0.6) is 5.75 Å². The van der Waals surface area contributed by atoms with Crippen molar-refractivity contribution in [3.8, 4) is 5.75 Å². The fourth-order valence-electron chi connectivity index (χ4n) is 1.68. The SMILES string of the molecule is C=CCC(Oc1ccc(C(=O)OCC)cc1)[SiH](C)C. The van der Waals surface area contributed by atoms with E-state index in [1.807, 2.05) is 18.2 Å². The van der Waals surface area contributed by atoms with Crippen LogP contribution in [-0.4, -0.2) is 27.1 Å². The molecule has 0 aromatic heterocycles. The molecule has 0 heterocycles. The summed E-state index contributed by atoms with van der Waals surface area (Å²) in [6.45, 7) is 10.4. The fraction of sp³-hybridized carbons (Fsp3) is 0.400. The van der Waals surface area contributed by atoms with E-state index in [0.29, 0.717) is 12.2 Å². The summed E-state index contributed by atoms with van der Waals surface area (Å²) in [7, 11) is -0.901. The zero-order valence-electron chi connectivity index (χ0n) is 11.9. The Morgan fingerprint density at radius 2 is 2.00 bits per heavy atom. The Bertz CT molecular complexity index is 412. The minimum Gasteiger partial charge on any atom is -0.494 e. The predicted molar refractivity (Wildman–Crippen MR) is 80.5 cm³/mol. The zero-order chi connectivity index (χ0) is 14.3. The van der Waals surface area contributed by atoms with E-state index in [9.17, 15) is 4.79 Å². The van der Waals surface area contributed by atoms with Gasteiger partial charge in [0.15, 0.2) is 0 Å². The summed E-state index contributed by atoms with van der Waals surface area (Å²) >= 11 is 0. The van der Waals surface area contributed by atoms with E-state index < -0.39 is 8.80 Å². The van der Waals surface area contributed by atoms with Gasteiger partial charge in [-0.1, -0.05) is 19.2 Å². The van der Waals surface area contributed by atoms with Crippen molar-refractivity contribution in [2.75, 3.05) is 6.61 Å². The molecule has 0 saturated carbocycles. The van der Waals surface area contributed by atoms with Crippen LogP contribution in [-0.2, 0) is 4.74 Å². The lowest BCUT2D eigenvalue weighted by atomic mass is 10.2. The molecule has 4 heteroatoms. The topological polar surface area (TPSA) is 35.5 Å². The third-order valence-corrected chi connectivity index (χ3v) is 4.69. The Labute approximate surface area is 116 Å². The normalized spacial score (nSPS) is 12.0. The highest BCUT2D eigenvalue weighted by Gasteiger charge is 2.15. The van der Waals surface area contributed by atoms with Gasteiger partial charge >= 0.3 is 5.97 Å². The molecular weight excluding hydrogens is 256 g/mol. The van der Waals surface area contributed by atoms with Crippen LogP contribution in [0, 0.1) is 0 Å². The second kappa shape index (κ2) is 7.79. The van der Waals surface area contributed by atoms with E-state index >= 15 is 0 Å². The maximum atomic E-state index is 11.5. The molecule has 0 bridgehead atoms. The number of benzene rings is 1. The molecule has 0 fully saturated rings. The lowest BCUT2D eigenvalue weighted by Crippen LogP contribution is -2.30. The number of hydrogen-bond acceptors (Lipinski definition) is 3. The average Bonchev–Trinajstić information content (AvgIpc) is 2.39.